The van der Waals surface area contributed by atoms with Gasteiger partial charge < -0.3 is 9.47 Å². The molecule has 0 unspecified atom stereocenters. The summed E-state index contributed by atoms with van der Waals surface area (Å²) in [5.41, 5.74) is 0.852. The first-order chi connectivity index (χ1) is 11.5. The molecule has 7 heteroatoms. The highest BCUT2D eigenvalue weighted by molar-refractivity contribution is 7.90. The van der Waals surface area contributed by atoms with E-state index in [-0.39, 0.29) is 27.9 Å². The van der Waals surface area contributed by atoms with E-state index in [2.05, 4.69) is 4.72 Å². The molecular formula is C18H25NO5S. The lowest BCUT2D eigenvalue weighted by atomic mass is 10.1. The standard InChI is InChI=1S/C18H25NO5S/c1-11(2)9-13-16(18(13,3)4)17(20)19-25(21,22)12-7-8-14(23-5)15(10-12)24-6/h7-10,13,16H,1-6H3,(H,19,20)/t13-,16+/m0/s1. The van der Waals surface area contributed by atoms with Gasteiger partial charge in [0.2, 0.25) is 5.91 Å². The zero-order chi connectivity index (χ0) is 19.0. The van der Waals surface area contributed by atoms with E-state index in [1.54, 1.807) is 0 Å². The average Bonchev–Trinajstić information content (AvgIpc) is 3.05. The van der Waals surface area contributed by atoms with E-state index in [9.17, 15) is 13.2 Å². The van der Waals surface area contributed by atoms with Crippen LogP contribution in [0.4, 0.5) is 0 Å². The van der Waals surface area contributed by atoms with E-state index in [1.165, 1.54) is 32.4 Å². The van der Waals surface area contributed by atoms with Crippen molar-refractivity contribution in [2.24, 2.45) is 17.3 Å². The average molecular weight is 367 g/mol. The number of ether oxygens (including phenoxy) is 2. The second-order valence-corrected chi connectivity index (χ2v) is 8.74. The van der Waals surface area contributed by atoms with Crippen LogP contribution in [0.3, 0.4) is 0 Å². The number of hydrogen-bond donors (Lipinski definition) is 1. The number of nitrogens with one attached hydrogen (secondary N) is 1. The first-order valence-corrected chi connectivity index (χ1v) is 9.46. The predicted octanol–water partition coefficient (Wildman–Crippen LogP) is 2.75. The summed E-state index contributed by atoms with van der Waals surface area (Å²) in [7, 11) is -1.10. The SMILES string of the molecule is COc1ccc(S(=O)(=O)NC(=O)[C@H]2[C@H](C=C(C)C)C2(C)C)cc1OC. The van der Waals surface area contributed by atoms with Gasteiger partial charge in [0.1, 0.15) is 0 Å². The second-order valence-electron chi connectivity index (χ2n) is 7.06. The summed E-state index contributed by atoms with van der Waals surface area (Å²) in [6.07, 6.45) is 2.02. The summed E-state index contributed by atoms with van der Waals surface area (Å²) < 4.78 is 37.5. The summed E-state index contributed by atoms with van der Waals surface area (Å²) in [5.74, 6) is -0.107. The minimum absolute atomic E-state index is 0.0399. The van der Waals surface area contributed by atoms with Crippen molar-refractivity contribution in [3.63, 3.8) is 0 Å². The molecule has 1 N–H and O–H groups in total. The van der Waals surface area contributed by atoms with E-state index in [0.29, 0.717) is 5.75 Å². The monoisotopic (exact) mass is 367 g/mol. The van der Waals surface area contributed by atoms with Gasteiger partial charge >= 0.3 is 0 Å². The smallest absolute Gasteiger partial charge is 0.264 e. The van der Waals surface area contributed by atoms with E-state index < -0.39 is 15.9 Å². The molecule has 6 nitrogen and oxygen atoms in total. The summed E-state index contributed by atoms with van der Waals surface area (Å²) in [6.45, 7) is 7.85. The summed E-state index contributed by atoms with van der Waals surface area (Å²) in [6, 6.07) is 4.20. The number of hydrogen-bond acceptors (Lipinski definition) is 5. The van der Waals surface area contributed by atoms with Gasteiger partial charge in [-0.3, -0.25) is 4.79 Å². The molecule has 1 aliphatic carbocycles. The molecule has 1 aromatic carbocycles. The lowest BCUT2D eigenvalue weighted by molar-refractivity contribution is -0.121. The lowest BCUT2D eigenvalue weighted by Gasteiger charge is -2.11. The van der Waals surface area contributed by atoms with Crippen LogP contribution in [-0.2, 0) is 14.8 Å². The van der Waals surface area contributed by atoms with Crippen LogP contribution in [0.1, 0.15) is 27.7 Å². The van der Waals surface area contributed by atoms with Crippen LogP contribution in [-0.4, -0.2) is 28.5 Å². The van der Waals surface area contributed by atoms with Crippen molar-refractivity contribution in [2.45, 2.75) is 32.6 Å². The third-order valence-electron chi connectivity index (χ3n) is 4.61. The largest absolute Gasteiger partial charge is 0.493 e. The molecule has 0 aromatic heterocycles. The van der Waals surface area contributed by atoms with Crippen molar-refractivity contribution < 1.29 is 22.7 Å². The molecule has 0 saturated heterocycles. The second kappa shape index (κ2) is 6.71. The molecule has 0 bridgehead atoms. The Morgan fingerprint density at radius 1 is 1.16 bits per heavy atom. The van der Waals surface area contributed by atoms with Crippen LogP contribution in [0.25, 0.3) is 0 Å². The van der Waals surface area contributed by atoms with E-state index in [1.807, 2.05) is 33.8 Å². The van der Waals surface area contributed by atoms with Crippen LogP contribution >= 0.6 is 0 Å². The van der Waals surface area contributed by atoms with Gasteiger partial charge in [-0.1, -0.05) is 25.5 Å². The minimum Gasteiger partial charge on any atom is -0.493 e. The molecule has 138 valence electrons. The number of benzene rings is 1. The fraction of sp³-hybridized carbons (Fsp3) is 0.500. The van der Waals surface area contributed by atoms with Crippen molar-refractivity contribution in [3.05, 3.63) is 29.8 Å². The molecule has 1 amide bonds. The Morgan fingerprint density at radius 2 is 1.76 bits per heavy atom. The fourth-order valence-corrected chi connectivity index (χ4v) is 4.11. The highest BCUT2D eigenvalue weighted by Gasteiger charge is 2.60. The van der Waals surface area contributed by atoms with Gasteiger partial charge in [0.05, 0.1) is 25.0 Å². The van der Waals surface area contributed by atoms with Gasteiger partial charge in [-0.05, 0) is 37.3 Å². The van der Waals surface area contributed by atoms with Crippen LogP contribution in [0.2, 0.25) is 0 Å². The van der Waals surface area contributed by atoms with E-state index >= 15 is 0 Å². The Hall–Kier alpha value is -2.02. The van der Waals surface area contributed by atoms with Crippen LogP contribution in [0, 0.1) is 17.3 Å². The van der Waals surface area contributed by atoms with Crippen molar-refractivity contribution in [3.8, 4) is 11.5 Å². The Labute approximate surface area is 149 Å². The molecule has 2 atom stereocenters. The molecule has 0 radical (unpaired) electrons. The molecule has 25 heavy (non-hydrogen) atoms. The van der Waals surface area contributed by atoms with Crippen LogP contribution in [0.15, 0.2) is 34.7 Å². The van der Waals surface area contributed by atoms with Gasteiger partial charge in [0.25, 0.3) is 10.0 Å². The first-order valence-electron chi connectivity index (χ1n) is 7.98. The molecule has 1 aromatic rings. The van der Waals surface area contributed by atoms with Crippen molar-refractivity contribution in [1.82, 2.24) is 4.72 Å². The Morgan fingerprint density at radius 3 is 2.28 bits per heavy atom. The van der Waals surface area contributed by atoms with Crippen LogP contribution < -0.4 is 14.2 Å². The third-order valence-corrected chi connectivity index (χ3v) is 5.95. The van der Waals surface area contributed by atoms with Gasteiger partial charge in [0.15, 0.2) is 11.5 Å². The number of rotatable bonds is 6. The summed E-state index contributed by atoms with van der Waals surface area (Å²) >= 11 is 0. The van der Waals surface area contributed by atoms with Gasteiger partial charge in [0, 0.05) is 6.07 Å². The number of amides is 1. The number of sulfonamides is 1. The summed E-state index contributed by atoms with van der Waals surface area (Å²) in [4.78, 5) is 12.5. The van der Waals surface area contributed by atoms with Gasteiger partial charge in [-0.15, -0.1) is 0 Å². The highest BCUT2D eigenvalue weighted by Crippen LogP contribution is 2.59. The number of allylic oxidation sites excluding steroid dienone is 2. The number of carbonyl (C=O) groups is 1. The first kappa shape index (κ1) is 19.3. The lowest BCUT2D eigenvalue weighted by Crippen LogP contribution is -2.33. The fourth-order valence-electron chi connectivity index (χ4n) is 3.09. The Kier molecular flexibility index (Phi) is 5.18. The molecule has 0 spiro atoms. The molecule has 1 saturated carbocycles. The quantitative estimate of drug-likeness (QED) is 0.782. The minimum atomic E-state index is -3.98. The maximum absolute atomic E-state index is 12.5. The topological polar surface area (TPSA) is 81.7 Å². The van der Waals surface area contributed by atoms with Gasteiger partial charge in [-0.2, -0.15) is 0 Å². The van der Waals surface area contributed by atoms with Crippen LogP contribution in [0.5, 0.6) is 11.5 Å². The third kappa shape index (κ3) is 3.81. The maximum Gasteiger partial charge on any atom is 0.264 e. The van der Waals surface area contributed by atoms with Gasteiger partial charge in [-0.25, -0.2) is 13.1 Å². The maximum atomic E-state index is 12.5. The Bertz CT molecular complexity index is 807. The van der Waals surface area contributed by atoms with Crippen molar-refractivity contribution in [2.75, 3.05) is 14.2 Å². The zero-order valence-electron chi connectivity index (χ0n) is 15.4. The molecule has 0 aliphatic heterocycles. The molecule has 0 heterocycles. The van der Waals surface area contributed by atoms with Crippen molar-refractivity contribution in [1.29, 1.82) is 0 Å². The summed E-state index contributed by atoms with van der Waals surface area (Å²) in [5, 5.41) is 0. The normalized spacial score (nSPS) is 21.2. The molecular weight excluding hydrogens is 342 g/mol. The van der Waals surface area contributed by atoms with Crippen molar-refractivity contribution >= 4 is 15.9 Å². The number of methoxy groups -OCH3 is 2. The molecule has 1 fully saturated rings. The van der Waals surface area contributed by atoms with E-state index in [4.69, 9.17) is 9.47 Å². The Balaban J connectivity index is 2.22. The van der Waals surface area contributed by atoms with E-state index in [0.717, 1.165) is 5.57 Å². The number of carbonyl (C=O) groups excluding carboxylic acids is 1. The zero-order valence-corrected chi connectivity index (χ0v) is 16.2. The highest BCUT2D eigenvalue weighted by atomic mass is 32.2. The predicted molar refractivity (Wildman–Crippen MR) is 95.1 cm³/mol. The molecule has 1 aliphatic rings. The molecule has 2 rings (SSSR count).